The molecule has 3 heteroatoms. The second kappa shape index (κ2) is 6.03. The largest absolute Gasteiger partial charge is 0.329 e. The first-order chi connectivity index (χ1) is 8.20. The van der Waals surface area contributed by atoms with Crippen LogP contribution in [0, 0.1) is 17.8 Å². The van der Waals surface area contributed by atoms with E-state index in [4.69, 9.17) is 5.73 Å². The second-order valence-electron chi connectivity index (χ2n) is 7.45. The first kappa shape index (κ1) is 16.1. The normalized spacial score (nSPS) is 44.5. The molecule has 0 aromatic heterocycles. The van der Waals surface area contributed by atoms with Gasteiger partial charge < -0.3 is 5.73 Å². The topological polar surface area (TPSA) is 26.0 Å². The molecule has 5 atom stereocenters. The number of nitrogens with two attached hydrogens (primary N) is 1. The highest BCUT2D eigenvalue weighted by atomic mass is 14.6. The first-order valence-electron chi connectivity index (χ1n) is 7.95. The van der Waals surface area contributed by atoms with Crippen molar-refractivity contribution < 1.29 is 0 Å². The molecule has 0 radical (unpaired) electrons. The fourth-order valence-corrected chi connectivity index (χ4v) is 4.53. The molecule has 1 aliphatic heterocycles. The molecule has 2 N–H and O–H groups in total. The zero-order chi connectivity index (χ0) is 14.2. The van der Waals surface area contributed by atoms with Crippen molar-refractivity contribution in [1.29, 1.82) is 0 Å². The van der Waals surface area contributed by atoms with Crippen LogP contribution >= 0.6 is 0 Å². The summed E-state index contributed by atoms with van der Waals surface area (Å²) in [6.07, 6.45) is 0. The van der Waals surface area contributed by atoms with Crippen LogP contribution in [-0.2, 0) is 0 Å². The van der Waals surface area contributed by atoms with Gasteiger partial charge >= 0.3 is 0 Å². The van der Waals surface area contributed by atoms with Gasteiger partial charge in [-0.05, 0) is 23.8 Å². The van der Waals surface area contributed by atoms with E-state index in [0.29, 0.717) is 11.8 Å². The van der Waals surface area contributed by atoms with Gasteiger partial charge in [0.25, 0.3) is 0 Å². The monoisotopic (exact) mass is 249 g/mol. The Morgan fingerprint density at radius 2 is 1.11 bits per heavy atom. The fourth-order valence-electron chi connectivity index (χ4n) is 4.53. The molecule has 0 aromatic rings. The van der Waals surface area contributed by atoms with Crippen LogP contribution in [0.3, 0.4) is 0 Å². The van der Waals surface area contributed by atoms with Gasteiger partial charge in [-0.25, -0.2) is 0 Å². The van der Waals surface area contributed by atoms with Crippen LogP contribution in [0.5, 0.6) is 0 Å². The van der Waals surface area contributed by atoms with Gasteiger partial charge in [-0.15, -0.1) is 0 Å². The minimum absolute atomic E-state index is 0.313. The third-order valence-electron chi connectivity index (χ3n) is 6.80. The molecule has 1 nitrogen and oxygen atoms in total. The van der Waals surface area contributed by atoms with E-state index >= 15 is 0 Å². The Morgan fingerprint density at radius 1 is 0.778 bits per heavy atom. The summed E-state index contributed by atoms with van der Waals surface area (Å²) in [5, 5.41) is 0. The Morgan fingerprint density at radius 3 is 1.39 bits per heavy atom. The van der Waals surface area contributed by atoms with Crippen LogP contribution < -0.4 is 5.73 Å². The maximum absolute atomic E-state index is 6.32. The zero-order valence-corrected chi connectivity index (χ0v) is 13.8. The van der Waals surface area contributed by atoms with Crippen molar-refractivity contribution >= 4 is 13.4 Å². The molecule has 0 spiro atoms. The lowest BCUT2D eigenvalue weighted by atomic mass is 9.14. The second-order valence-corrected chi connectivity index (χ2v) is 7.45. The quantitative estimate of drug-likeness (QED) is 0.692. The average molecular weight is 249 g/mol. The van der Waals surface area contributed by atoms with Crippen molar-refractivity contribution in [3.63, 3.8) is 0 Å². The van der Waals surface area contributed by atoms with E-state index in [2.05, 4.69) is 55.2 Å². The average Bonchev–Trinajstić information content (AvgIpc) is 2.32. The standard InChI is InChI=1S/C15H33B2N/c1-9-10(2)12(4)16(7)15(14(6)18)17(8)13(5)11(9)3/h9-15H,18H2,1-8H3. The van der Waals surface area contributed by atoms with Gasteiger partial charge in [0.05, 0.1) is 0 Å². The lowest BCUT2D eigenvalue weighted by molar-refractivity contribution is 0.258. The number of hydrogen-bond acceptors (Lipinski definition) is 1. The summed E-state index contributed by atoms with van der Waals surface area (Å²) < 4.78 is 0. The zero-order valence-electron chi connectivity index (χ0n) is 13.8. The first-order valence-corrected chi connectivity index (χ1v) is 7.95. The molecule has 1 rings (SSSR count). The lowest BCUT2D eigenvalue weighted by Crippen LogP contribution is -2.49. The fraction of sp³-hybridized carbons (Fsp3) is 1.00. The van der Waals surface area contributed by atoms with Crippen molar-refractivity contribution in [3.8, 4) is 0 Å². The Balaban J connectivity index is 3.09. The summed E-state index contributed by atoms with van der Waals surface area (Å²) in [6, 6.07) is 0.313. The third kappa shape index (κ3) is 2.81. The van der Waals surface area contributed by atoms with Crippen molar-refractivity contribution in [2.24, 2.45) is 23.5 Å². The van der Waals surface area contributed by atoms with E-state index in [9.17, 15) is 0 Å². The van der Waals surface area contributed by atoms with Crippen molar-refractivity contribution in [2.45, 2.75) is 78.6 Å². The Bertz CT molecular complexity index is 247. The van der Waals surface area contributed by atoms with Crippen LogP contribution in [0.25, 0.3) is 0 Å². The molecule has 0 amide bonds. The van der Waals surface area contributed by atoms with Crippen LogP contribution in [0.2, 0.25) is 31.0 Å². The Hall–Kier alpha value is 0.0899. The highest BCUT2D eigenvalue weighted by molar-refractivity contribution is 6.80. The predicted octanol–water partition coefficient (Wildman–Crippen LogP) is 4.19. The van der Waals surface area contributed by atoms with E-state index in [0.717, 1.165) is 42.8 Å². The lowest BCUT2D eigenvalue weighted by Gasteiger charge is -2.46. The summed E-state index contributed by atoms with van der Waals surface area (Å²) in [5.74, 6) is 3.95. The van der Waals surface area contributed by atoms with E-state index in [1.807, 2.05) is 0 Å². The van der Waals surface area contributed by atoms with Gasteiger partial charge in [-0.1, -0.05) is 72.5 Å². The Labute approximate surface area is 116 Å². The van der Waals surface area contributed by atoms with E-state index < -0.39 is 0 Å². The van der Waals surface area contributed by atoms with Gasteiger partial charge in [0.1, 0.15) is 13.4 Å². The van der Waals surface area contributed by atoms with Crippen LogP contribution in [0.4, 0.5) is 0 Å². The van der Waals surface area contributed by atoms with E-state index in [1.165, 1.54) is 0 Å². The summed E-state index contributed by atoms with van der Waals surface area (Å²) in [4.78, 5) is 0. The highest BCUT2D eigenvalue weighted by Crippen LogP contribution is 2.46. The van der Waals surface area contributed by atoms with Crippen LogP contribution in [0.1, 0.15) is 41.5 Å². The minimum Gasteiger partial charge on any atom is -0.329 e. The molecule has 0 saturated carbocycles. The summed E-state index contributed by atoms with van der Waals surface area (Å²) in [5.41, 5.74) is 6.98. The third-order valence-corrected chi connectivity index (χ3v) is 6.80. The molecular weight excluding hydrogens is 216 g/mol. The van der Waals surface area contributed by atoms with Gasteiger partial charge in [0, 0.05) is 0 Å². The molecule has 1 saturated heterocycles. The van der Waals surface area contributed by atoms with E-state index in [1.54, 1.807) is 0 Å². The minimum atomic E-state index is 0.313. The SMILES string of the molecule is CB1C(C)C(C)C(C)C(C)C(C)B(C)C1C(C)N. The summed E-state index contributed by atoms with van der Waals surface area (Å²) in [7, 11) is 0. The summed E-state index contributed by atoms with van der Waals surface area (Å²) >= 11 is 0. The number of hydrogen-bond donors (Lipinski definition) is 1. The van der Waals surface area contributed by atoms with Gasteiger partial charge in [0.15, 0.2) is 0 Å². The molecule has 104 valence electrons. The predicted molar refractivity (Wildman–Crippen MR) is 87.0 cm³/mol. The molecule has 1 fully saturated rings. The van der Waals surface area contributed by atoms with E-state index in [-0.39, 0.29) is 0 Å². The molecular formula is C15H33B2N. The van der Waals surface area contributed by atoms with Crippen LogP contribution in [0.15, 0.2) is 0 Å². The molecule has 0 aliphatic carbocycles. The number of rotatable bonds is 1. The molecule has 1 aliphatic rings. The van der Waals surface area contributed by atoms with Gasteiger partial charge in [-0.2, -0.15) is 0 Å². The maximum Gasteiger partial charge on any atom is 0.137 e. The molecule has 0 bridgehead atoms. The smallest absolute Gasteiger partial charge is 0.137 e. The van der Waals surface area contributed by atoms with Crippen molar-refractivity contribution in [1.82, 2.24) is 0 Å². The summed E-state index contributed by atoms with van der Waals surface area (Å²) in [6.45, 7) is 20.8. The molecule has 1 heterocycles. The highest BCUT2D eigenvalue weighted by Gasteiger charge is 2.44. The van der Waals surface area contributed by atoms with Gasteiger partial charge in [0.2, 0.25) is 0 Å². The molecule has 18 heavy (non-hydrogen) atoms. The van der Waals surface area contributed by atoms with Gasteiger partial charge in [-0.3, -0.25) is 0 Å². The van der Waals surface area contributed by atoms with Crippen molar-refractivity contribution in [3.05, 3.63) is 0 Å². The molecule has 5 unspecified atom stereocenters. The maximum atomic E-state index is 6.32. The molecule has 0 aromatic carbocycles. The van der Waals surface area contributed by atoms with Crippen molar-refractivity contribution in [2.75, 3.05) is 0 Å². The van der Waals surface area contributed by atoms with Crippen LogP contribution in [-0.4, -0.2) is 19.5 Å². The Kier molecular flexibility index (Phi) is 5.41.